The minimum absolute atomic E-state index is 0.477. The molecule has 0 saturated heterocycles. The fraction of sp³-hybridized carbons (Fsp3) is 0.316. The van der Waals surface area contributed by atoms with Crippen molar-refractivity contribution in [3.63, 3.8) is 0 Å². The molecule has 2 aromatic heterocycles. The van der Waals surface area contributed by atoms with Gasteiger partial charge in [0, 0.05) is 38.1 Å². The summed E-state index contributed by atoms with van der Waals surface area (Å²) in [5, 5.41) is 10.7. The van der Waals surface area contributed by atoms with E-state index in [2.05, 4.69) is 44.8 Å². The van der Waals surface area contributed by atoms with Gasteiger partial charge in [-0.1, -0.05) is 29.8 Å². The van der Waals surface area contributed by atoms with Crippen LogP contribution in [0.25, 0.3) is 11.3 Å². The number of aryl methyl sites for hydroxylation is 2. The predicted molar refractivity (Wildman–Crippen MR) is 102 cm³/mol. The monoisotopic (exact) mass is 352 g/mol. The standard InChI is InChI=1S/C19H24N6O/c1-15-5-7-16(8-6-15)17-13-22-18(26-17)14-23-19(20-2)21-9-3-11-25-12-4-10-24-25/h4-8,10,12-13H,3,9,11,14H2,1-2H3,(H2,20,21,23). The van der Waals surface area contributed by atoms with Crippen LogP contribution >= 0.6 is 0 Å². The summed E-state index contributed by atoms with van der Waals surface area (Å²) in [7, 11) is 1.75. The molecule has 7 heteroatoms. The van der Waals surface area contributed by atoms with Crippen molar-refractivity contribution in [3.8, 4) is 11.3 Å². The Morgan fingerprint density at radius 1 is 1.23 bits per heavy atom. The lowest BCUT2D eigenvalue weighted by atomic mass is 10.1. The number of rotatable bonds is 7. The summed E-state index contributed by atoms with van der Waals surface area (Å²) in [6, 6.07) is 10.1. The highest BCUT2D eigenvalue weighted by atomic mass is 16.4. The number of aliphatic imine (C=N–C) groups is 1. The number of oxazole rings is 1. The third kappa shape index (κ3) is 4.95. The third-order valence-corrected chi connectivity index (χ3v) is 3.94. The number of hydrogen-bond donors (Lipinski definition) is 2. The van der Waals surface area contributed by atoms with Gasteiger partial charge in [0.15, 0.2) is 11.7 Å². The van der Waals surface area contributed by atoms with Gasteiger partial charge in [0.2, 0.25) is 5.89 Å². The van der Waals surface area contributed by atoms with E-state index in [-0.39, 0.29) is 0 Å². The highest BCUT2D eigenvalue weighted by Gasteiger charge is 2.07. The lowest BCUT2D eigenvalue weighted by Crippen LogP contribution is -2.37. The van der Waals surface area contributed by atoms with Gasteiger partial charge in [0.1, 0.15) is 0 Å². The molecule has 26 heavy (non-hydrogen) atoms. The van der Waals surface area contributed by atoms with E-state index in [1.165, 1.54) is 5.56 Å². The lowest BCUT2D eigenvalue weighted by molar-refractivity contribution is 0.497. The Balaban J connectivity index is 1.44. The van der Waals surface area contributed by atoms with Crippen LogP contribution in [0.15, 0.2) is 58.3 Å². The van der Waals surface area contributed by atoms with Crippen molar-refractivity contribution in [1.29, 1.82) is 0 Å². The molecule has 0 fully saturated rings. The first-order valence-electron chi connectivity index (χ1n) is 8.68. The second kappa shape index (κ2) is 8.84. The number of guanidine groups is 1. The summed E-state index contributed by atoms with van der Waals surface area (Å²) < 4.78 is 7.73. The normalized spacial score (nSPS) is 11.5. The SMILES string of the molecule is CN=C(NCCCn1cccn1)NCc1ncc(-c2ccc(C)cc2)o1. The van der Waals surface area contributed by atoms with Crippen LogP contribution in [-0.2, 0) is 13.1 Å². The molecule has 2 N–H and O–H groups in total. The number of benzene rings is 1. The lowest BCUT2D eigenvalue weighted by Gasteiger charge is -2.10. The Hall–Kier alpha value is -3.09. The van der Waals surface area contributed by atoms with Crippen molar-refractivity contribution in [2.24, 2.45) is 4.99 Å². The van der Waals surface area contributed by atoms with Crippen molar-refractivity contribution in [1.82, 2.24) is 25.4 Å². The molecule has 0 spiro atoms. The molecule has 0 aliphatic rings. The van der Waals surface area contributed by atoms with Gasteiger partial charge in [-0.2, -0.15) is 5.10 Å². The van der Waals surface area contributed by atoms with Crippen LogP contribution in [0.1, 0.15) is 17.9 Å². The minimum Gasteiger partial charge on any atom is -0.439 e. The van der Waals surface area contributed by atoms with E-state index in [1.54, 1.807) is 19.4 Å². The van der Waals surface area contributed by atoms with E-state index in [0.29, 0.717) is 12.4 Å². The molecule has 0 unspecified atom stereocenters. The summed E-state index contributed by atoms with van der Waals surface area (Å²) in [5.41, 5.74) is 2.24. The predicted octanol–water partition coefficient (Wildman–Crippen LogP) is 2.60. The van der Waals surface area contributed by atoms with E-state index in [4.69, 9.17) is 4.42 Å². The Labute approximate surface area is 153 Å². The molecule has 0 bridgehead atoms. The van der Waals surface area contributed by atoms with E-state index in [0.717, 1.165) is 36.8 Å². The summed E-state index contributed by atoms with van der Waals surface area (Å²) >= 11 is 0. The maximum Gasteiger partial charge on any atom is 0.214 e. The third-order valence-electron chi connectivity index (χ3n) is 3.94. The Bertz CT molecular complexity index is 820. The zero-order valence-corrected chi connectivity index (χ0v) is 15.1. The summed E-state index contributed by atoms with van der Waals surface area (Å²) in [6.45, 7) is 4.22. The van der Waals surface area contributed by atoms with Crippen molar-refractivity contribution in [2.45, 2.75) is 26.4 Å². The molecule has 3 aromatic rings. The Morgan fingerprint density at radius 3 is 2.81 bits per heavy atom. The molecule has 0 aliphatic heterocycles. The number of nitrogens with zero attached hydrogens (tertiary/aromatic N) is 4. The van der Waals surface area contributed by atoms with Crippen molar-refractivity contribution in [2.75, 3.05) is 13.6 Å². The molecule has 0 amide bonds. The average Bonchev–Trinajstić information content (AvgIpc) is 3.33. The van der Waals surface area contributed by atoms with Gasteiger partial charge in [-0.15, -0.1) is 0 Å². The zero-order valence-electron chi connectivity index (χ0n) is 15.1. The fourth-order valence-corrected chi connectivity index (χ4v) is 2.50. The first-order chi connectivity index (χ1) is 12.7. The van der Waals surface area contributed by atoms with Gasteiger partial charge < -0.3 is 15.1 Å². The Morgan fingerprint density at radius 2 is 2.08 bits per heavy atom. The highest BCUT2D eigenvalue weighted by Crippen LogP contribution is 2.20. The zero-order chi connectivity index (χ0) is 18.2. The topological polar surface area (TPSA) is 80.3 Å². The Kier molecular flexibility index (Phi) is 6.03. The molecular weight excluding hydrogens is 328 g/mol. The highest BCUT2D eigenvalue weighted by molar-refractivity contribution is 5.79. The van der Waals surface area contributed by atoms with Crippen molar-refractivity contribution in [3.05, 3.63) is 60.4 Å². The molecule has 1 aromatic carbocycles. The fourth-order valence-electron chi connectivity index (χ4n) is 2.50. The molecule has 2 heterocycles. The maximum atomic E-state index is 5.81. The molecular formula is C19H24N6O. The van der Waals surface area contributed by atoms with E-state index >= 15 is 0 Å². The molecule has 0 aliphatic carbocycles. The van der Waals surface area contributed by atoms with Gasteiger partial charge in [-0.25, -0.2) is 4.98 Å². The molecule has 136 valence electrons. The van der Waals surface area contributed by atoms with Crippen molar-refractivity contribution >= 4 is 5.96 Å². The van der Waals surface area contributed by atoms with Crippen LogP contribution in [0.4, 0.5) is 0 Å². The van der Waals surface area contributed by atoms with Crippen molar-refractivity contribution < 1.29 is 4.42 Å². The van der Waals surface area contributed by atoms with Gasteiger partial charge in [-0.3, -0.25) is 9.67 Å². The molecule has 0 saturated carbocycles. The average molecular weight is 352 g/mol. The summed E-state index contributed by atoms with van der Waals surface area (Å²) in [4.78, 5) is 8.54. The molecule has 7 nitrogen and oxygen atoms in total. The largest absolute Gasteiger partial charge is 0.439 e. The minimum atomic E-state index is 0.477. The van der Waals surface area contributed by atoms with Crippen LogP contribution in [0.2, 0.25) is 0 Å². The van der Waals surface area contributed by atoms with Crippen LogP contribution in [0, 0.1) is 6.92 Å². The van der Waals surface area contributed by atoms with Crippen LogP contribution in [0.3, 0.4) is 0 Å². The summed E-state index contributed by atoms with van der Waals surface area (Å²) in [5.74, 6) is 2.12. The van der Waals surface area contributed by atoms with Gasteiger partial charge in [-0.05, 0) is 19.4 Å². The van der Waals surface area contributed by atoms with Crippen LogP contribution < -0.4 is 10.6 Å². The van der Waals surface area contributed by atoms with Crippen LogP contribution in [-0.4, -0.2) is 34.3 Å². The van der Waals surface area contributed by atoms with E-state index in [1.807, 2.05) is 29.1 Å². The van der Waals surface area contributed by atoms with Gasteiger partial charge in [0.25, 0.3) is 0 Å². The molecule has 0 radical (unpaired) electrons. The number of hydrogen-bond acceptors (Lipinski definition) is 4. The molecule has 0 atom stereocenters. The number of nitrogens with one attached hydrogen (secondary N) is 2. The number of aromatic nitrogens is 3. The van der Waals surface area contributed by atoms with E-state index < -0.39 is 0 Å². The maximum absolute atomic E-state index is 5.81. The quantitative estimate of drug-likeness (QED) is 0.388. The molecule has 3 rings (SSSR count). The van der Waals surface area contributed by atoms with Gasteiger partial charge >= 0.3 is 0 Å². The first kappa shape index (κ1) is 17.7. The smallest absolute Gasteiger partial charge is 0.214 e. The second-order valence-electron chi connectivity index (χ2n) is 5.96. The second-order valence-corrected chi connectivity index (χ2v) is 5.96. The van der Waals surface area contributed by atoms with E-state index in [9.17, 15) is 0 Å². The first-order valence-corrected chi connectivity index (χ1v) is 8.68. The summed E-state index contributed by atoms with van der Waals surface area (Å²) in [6.07, 6.45) is 6.46. The van der Waals surface area contributed by atoms with Gasteiger partial charge in [0.05, 0.1) is 12.7 Å². The van der Waals surface area contributed by atoms with Crippen LogP contribution in [0.5, 0.6) is 0 Å².